The molecule has 3 aliphatic rings. The number of amides is 1. The molecule has 0 spiro atoms. The Morgan fingerprint density at radius 2 is 1.53 bits per heavy atom. The molecular weight excluding hydrogens is 440 g/mol. The van der Waals surface area contributed by atoms with Crippen molar-refractivity contribution < 1.29 is 33.6 Å². The zero-order chi connectivity index (χ0) is 23.2. The van der Waals surface area contributed by atoms with Crippen LogP contribution < -0.4 is 18.9 Å². The number of rotatable bonds is 4. The number of carbonyl (C=O) groups excluding carboxylic acids is 2. The van der Waals surface area contributed by atoms with E-state index in [1.807, 2.05) is 0 Å². The molecule has 3 aromatic rings. The molecule has 3 aliphatic heterocycles. The van der Waals surface area contributed by atoms with Gasteiger partial charge in [-0.1, -0.05) is 6.07 Å². The van der Waals surface area contributed by atoms with Crippen LogP contribution >= 0.6 is 0 Å². The second-order valence-electron chi connectivity index (χ2n) is 7.96. The highest BCUT2D eigenvalue weighted by Gasteiger charge is 2.46. The highest BCUT2D eigenvalue weighted by molar-refractivity contribution is 6.46. The van der Waals surface area contributed by atoms with Crippen molar-refractivity contribution in [3.63, 3.8) is 0 Å². The summed E-state index contributed by atoms with van der Waals surface area (Å²) in [5.74, 6) is 0.308. The third-order valence-electron chi connectivity index (χ3n) is 6.00. The Morgan fingerprint density at radius 1 is 0.882 bits per heavy atom. The number of benzene rings is 2. The molecule has 0 aliphatic carbocycles. The van der Waals surface area contributed by atoms with Crippen molar-refractivity contribution >= 4 is 17.4 Å². The summed E-state index contributed by atoms with van der Waals surface area (Å²) in [7, 11) is 0. The Bertz CT molecular complexity index is 1350. The lowest BCUT2D eigenvalue weighted by molar-refractivity contribution is -0.140. The number of hydrogen-bond acceptors (Lipinski definition) is 8. The number of ketones is 1. The summed E-state index contributed by atoms with van der Waals surface area (Å²) < 4.78 is 21.7. The number of fused-ring (bicyclic) bond motifs is 2. The summed E-state index contributed by atoms with van der Waals surface area (Å²) in [5.41, 5.74) is 1.74. The fraction of sp³-hybridized carbons (Fsp3) is 0.160. The number of carbonyl (C=O) groups is 2. The van der Waals surface area contributed by atoms with E-state index in [0.717, 1.165) is 5.56 Å². The molecular formula is C25H18N2O7. The lowest BCUT2D eigenvalue weighted by atomic mass is 9.94. The molecule has 9 heteroatoms. The Hall–Kier alpha value is -4.53. The van der Waals surface area contributed by atoms with E-state index in [1.54, 1.807) is 60.9 Å². The van der Waals surface area contributed by atoms with Crippen molar-refractivity contribution in [1.82, 2.24) is 9.88 Å². The van der Waals surface area contributed by atoms with E-state index in [2.05, 4.69) is 4.98 Å². The van der Waals surface area contributed by atoms with E-state index in [1.165, 1.54) is 4.90 Å². The van der Waals surface area contributed by atoms with Gasteiger partial charge in [0, 0.05) is 24.5 Å². The van der Waals surface area contributed by atoms with Gasteiger partial charge in [-0.05, 0) is 53.6 Å². The maximum Gasteiger partial charge on any atom is 0.295 e. The highest BCUT2D eigenvalue weighted by Crippen LogP contribution is 2.44. The van der Waals surface area contributed by atoms with Crippen LogP contribution in [-0.4, -0.2) is 40.3 Å². The quantitative estimate of drug-likeness (QED) is 0.361. The maximum absolute atomic E-state index is 13.2. The first-order valence-corrected chi connectivity index (χ1v) is 10.6. The Morgan fingerprint density at radius 3 is 2.26 bits per heavy atom. The normalized spacial score (nSPS) is 19.6. The van der Waals surface area contributed by atoms with Crippen LogP contribution in [-0.2, 0) is 16.1 Å². The number of nitrogens with zero attached hydrogens (tertiary/aromatic N) is 2. The van der Waals surface area contributed by atoms with Crippen molar-refractivity contribution in [3.8, 4) is 23.0 Å². The van der Waals surface area contributed by atoms with Gasteiger partial charge >= 0.3 is 0 Å². The first-order chi connectivity index (χ1) is 16.6. The molecule has 0 bridgehead atoms. The number of Topliss-reactive ketones (excluding diaryl/α,β-unsaturated/α-hetero) is 1. The van der Waals surface area contributed by atoms with Gasteiger partial charge in [-0.15, -0.1) is 0 Å². The third kappa shape index (κ3) is 3.21. The summed E-state index contributed by atoms with van der Waals surface area (Å²) >= 11 is 0. The molecule has 0 radical (unpaired) electrons. The lowest BCUT2D eigenvalue weighted by Crippen LogP contribution is -2.29. The topological polar surface area (TPSA) is 107 Å². The van der Waals surface area contributed by atoms with E-state index in [-0.39, 0.29) is 31.5 Å². The summed E-state index contributed by atoms with van der Waals surface area (Å²) in [6.45, 7) is 0.324. The predicted molar refractivity (Wildman–Crippen MR) is 117 cm³/mol. The average Bonchev–Trinajstić information content (AvgIpc) is 3.58. The molecule has 1 fully saturated rings. The van der Waals surface area contributed by atoms with Crippen LogP contribution in [0.4, 0.5) is 0 Å². The standard InChI is InChI=1S/C25H18N2O7/c28-23(16-2-4-18-20(10-16)34-13-32-18)21-22(15-1-3-17-19(9-15)33-12-31-17)27(25(30)24(21)29)11-14-5-7-26-8-6-14/h1-10,22,28H,11-13H2. The van der Waals surface area contributed by atoms with Gasteiger partial charge in [-0.25, -0.2) is 0 Å². The summed E-state index contributed by atoms with van der Waals surface area (Å²) in [5, 5.41) is 11.3. The Kier molecular flexibility index (Phi) is 4.61. The van der Waals surface area contributed by atoms with E-state index < -0.39 is 17.7 Å². The molecule has 34 heavy (non-hydrogen) atoms. The Balaban J connectivity index is 1.49. The van der Waals surface area contributed by atoms with Gasteiger partial charge in [0.05, 0.1) is 11.6 Å². The van der Waals surface area contributed by atoms with E-state index in [9.17, 15) is 14.7 Å². The largest absolute Gasteiger partial charge is 0.507 e. The number of aliphatic hydroxyl groups excluding tert-OH is 1. The van der Waals surface area contributed by atoms with Gasteiger partial charge in [0.15, 0.2) is 23.0 Å². The molecule has 1 aromatic heterocycles. The van der Waals surface area contributed by atoms with Crippen molar-refractivity contribution in [1.29, 1.82) is 0 Å². The van der Waals surface area contributed by atoms with Crippen molar-refractivity contribution in [2.45, 2.75) is 12.6 Å². The molecule has 1 unspecified atom stereocenters. The van der Waals surface area contributed by atoms with Crippen molar-refractivity contribution in [2.75, 3.05) is 13.6 Å². The molecule has 4 heterocycles. The number of hydrogen-bond donors (Lipinski definition) is 1. The fourth-order valence-electron chi connectivity index (χ4n) is 4.36. The van der Waals surface area contributed by atoms with Gasteiger partial charge < -0.3 is 29.0 Å². The monoisotopic (exact) mass is 458 g/mol. The second kappa shape index (κ2) is 7.80. The summed E-state index contributed by atoms with van der Waals surface area (Å²) in [6, 6.07) is 12.8. The molecule has 2 aromatic carbocycles. The lowest BCUT2D eigenvalue weighted by Gasteiger charge is -2.25. The van der Waals surface area contributed by atoms with Gasteiger partial charge in [-0.2, -0.15) is 0 Å². The SMILES string of the molecule is O=C1C(=O)N(Cc2ccncc2)C(c2ccc3c(c2)OCO3)C1=C(O)c1ccc2c(c1)OCO2. The van der Waals surface area contributed by atoms with E-state index in [0.29, 0.717) is 34.1 Å². The van der Waals surface area contributed by atoms with E-state index >= 15 is 0 Å². The maximum atomic E-state index is 13.2. The zero-order valence-corrected chi connectivity index (χ0v) is 17.8. The minimum absolute atomic E-state index is 0.0169. The molecule has 1 amide bonds. The van der Waals surface area contributed by atoms with Crippen LogP contribution in [0, 0.1) is 0 Å². The van der Waals surface area contributed by atoms with Crippen LogP contribution in [0.3, 0.4) is 0 Å². The van der Waals surface area contributed by atoms with Crippen molar-refractivity contribution in [3.05, 3.63) is 83.2 Å². The highest BCUT2D eigenvalue weighted by atomic mass is 16.7. The number of likely N-dealkylation sites (tertiary alicyclic amines) is 1. The number of aromatic nitrogens is 1. The zero-order valence-electron chi connectivity index (χ0n) is 17.8. The van der Waals surface area contributed by atoms with Crippen LogP contribution in [0.25, 0.3) is 5.76 Å². The third-order valence-corrected chi connectivity index (χ3v) is 6.00. The molecule has 9 nitrogen and oxygen atoms in total. The van der Waals surface area contributed by atoms with Gasteiger partial charge in [0.2, 0.25) is 13.6 Å². The summed E-state index contributed by atoms with van der Waals surface area (Å²) in [4.78, 5) is 31.9. The van der Waals surface area contributed by atoms with Crippen molar-refractivity contribution in [2.24, 2.45) is 0 Å². The van der Waals surface area contributed by atoms with Crippen LogP contribution in [0.1, 0.15) is 22.7 Å². The van der Waals surface area contributed by atoms with Crippen LogP contribution in [0.5, 0.6) is 23.0 Å². The average molecular weight is 458 g/mol. The molecule has 1 N–H and O–H groups in total. The predicted octanol–water partition coefficient (Wildman–Crippen LogP) is 3.16. The molecule has 0 saturated carbocycles. The van der Waals surface area contributed by atoms with Crippen LogP contribution in [0.15, 0.2) is 66.5 Å². The second-order valence-corrected chi connectivity index (χ2v) is 7.96. The molecule has 6 rings (SSSR count). The number of aliphatic hydroxyl groups is 1. The smallest absolute Gasteiger partial charge is 0.295 e. The van der Waals surface area contributed by atoms with Crippen LogP contribution in [0.2, 0.25) is 0 Å². The first-order valence-electron chi connectivity index (χ1n) is 10.6. The Labute approximate surface area is 193 Å². The van der Waals surface area contributed by atoms with E-state index in [4.69, 9.17) is 18.9 Å². The molecule has 1 atom stereocenters. The molecule has 1 saturated heterocycles. The number of ether oxygens (including phenoxy) is 4. The minimum atomic E-state index is -0.840. The number of pyridine rings is 1. The van der Waals surface area contributed by atoms with Gasteiger partial charge in [0.1, 0.15) is 5.76 Å². The molecule has 170 valence electrons. The summed E-state index contributed by atoms with van der Waals surface area (Å²) in [6.07, 6.45) is 3.24. The van der Waals surface area contributed by atoms with Gasteiger partial charge in [-0.3, -0.25) is 14.6 Å². The first kappa shape index (κ1) is 20.1. The minimum Gasteiger partial charge on any atom is -0.507 e. The fourth-order valence-corrected chi connectivity index (χ4v) is 4.36. The van der Waals surface area contributed by atoms with Gasteiger partial charge in [0.25, 0.3) is 11.7 Å².